The molecule has 0 aliphatic carbocycles. The van der Waals surface area contributed by atoms with E-state index in [1.165, 1.54) is 6.07 Å². The normalized spacial score (nSPS) is 25.1. The largest absolute Gasteiger partial charge is 0.481 e. The maximum Gasteiger partial charge on any atom is 0.371 e. The molecule has 0 amide bonds. The van der Waals surface area contributed by atoms with Crippen LogP contribution in [-0.2, 0) is 32.0 Å². The number of aromatic nitrogens is 1. The van der Waals surface area contributed by atoms with E-state index in [1.807, 2.05) is 0 Å². The summed E-state index contributed by atoms with van der Waals surface area (Å²) >= 11 is 0. The van der Waals surface area contributed by atoms with Crippen LogP contribution in [0.3, 0.4) is 0 Å². The van der Waals surface area contributed by atoms with Gasteiger partial charge >= 0.3 is 17.9 Å². The molecule has 0 radical (unpaired) electrons. The van der Waals surface area contributed by atoms with Gasteiger partial charge in [0, 0.05) is 12.0 Å². The molecule has 5 N–H and O–H groups in total. The SMILES string of the molecule is O=C(O)CCc1cc(O[C@@H]2OC(C(=O)O)=C[C@H](O)[C@H]2O)c2n(c1=O)[C@H](C(=O)O)CC2. The summed E-state index contributed by atoms with van der Waals surface area (Å²) in [6.07, 6.45) is -4.51. The highest BCUT2D eigenvalue weighted by atomic mass is 16.7. The molecule has 0 saturated heterocycles. The number of carbonyl (C=O) groups is 3. The Morgan fingerprint density at radius 3 is 2.50 bits per heavy atom. The Morgan fingerprint density at radius 1 is 1.20 bits per heavy atom. The maximum atomic E-state index is 12.7. The first-order valence-corrected chi connectivity index (χ1v) is 8.96. The summed E-state index contributed by atoms with van der Waals surface area (Å²) in [5.74, 6) is -4.64. The quantitative estimate of drug-likeness (QED) is 0.355. The van der Waals surface area contributed by atoms with Gasteiger partial charge in [-0.05, 0) is 31.4 Å². The number of hydrogen-bond donors (Lipinski definition) is 5. The molecule has 0 aromatic carbocycles. The molecule has 2 aliphatic heterocycles. The zero-order valence-electron chi connectivity index (χ0n) is 15.4. The Bertz CT molecular complexity index is 979. The fraction of sp³-hybridized carbons (Fsp3) is 0.444. The lowest BCUT2D eigenvalue weighted by Gasteiger charge is -2.31. The molecule has 1 aromatic heterocycles. The third kappa shape index (κ3) is 4.00. The number of aliphatic carboxylic acids is 3. The van der Waals surface area contributed by atoms with Crippen LogP contribution in [0.5, 0.6) is 5.75 Å². The van der Waals surface area contributed by atoms with Crippen molar-refractivity contribution in [2.24, 2.45) is 0 Å². The summed E-state index contributed by atoms with van der Waals surface area (Å²) in [5, 5.41) is 47.3. The molecule has 1 aromatic rings. The van der Waals surface area contributed by atoms with Crippen LogP contribution in [0.25, 0.3) is 0 Å². The summed E-state index contributed by atoms with van der Waals surface area (Å²) in [5.41, 5.74) is -0.507. The van der Waals surface area contributed by atoms with Crippen molar-refractivity contribution in [3.63, 3.8) is 0 Å². The van der Waals surface area contributed by atoms with Gasteiger partial charge in [-0.25, -0.2) is 9.59 Å². The van der Waals surface area contributed by atoms with Crippen LogP contribution in [0.15, 0.2) is 22.7 Å². The summed E-state index contributed by atoms with van der Waals surface area (Å²) < 4.78 is 11.6. The highest BCUT2D eigenvalue weighted by Crippen LogP contribution is 2.33. The molecule has 162 valence electrons. The Balaban J connectivity index is 2.02. The van der Waals surface area contributed by atoms with Gasteiger partial charge in [-0.1, -0.05) is 0 Å². The van der Waals surface area contributed by atoms with Gasteiger partial charge in [0.15, 0.2) is 6.10 Å². The van der Waals surface area contributed by atoms with Crippen LogP contribution < -0.4 is 10.3 Å². The molecule has 0 spiro atoms. The van der Waals surface area contributed by atoms with E-state index in [4.69, 9.17) is 19.7 Å². The monoisotopic (exact) mass is 425 g/mol. The smallest absolute Gasteiger partial charge is 0.371 e. The standard InChI is InChI=1S/C18H19NO11/c20-10-6-12(17(27)28)30-18(14(10)23)29-11-5-7(1-4-13(21)22)15(24)19-8(11)2-3-9(19)16(25)26/h5-6,9-10,14,18,20,23H,1-4H2,(H,21,22)(H,25,26)(H,27,28)/t9-,10-,14+,18+/m0/s1. The second kappa shape index (κ2) is 8.16. The van der Waals surface area contributed by atoms with Gasteiger partial charge in [0.05, 0.1) is 5.69 Å². The molecule has 12 heteroatoms. The first-order valence-electron chi connectivity index (χ1n) is 8.96. The molecule has 12 nitrogen and oxygen atoms in total. The lowest BCUT2D eigenvalue weighted by atomic mass is 10.1. The second-order valence-electron chi connectivity index (χ2n) is 6.86. The van der Waals surface area contributed by atoms with Crippen molar-refractivity contribution in [1.82, 2.24) is 4.57 Å². The molecule has 0 fully saturated rings. The predicted molar refractivity (Wildman–Crippen MR) is 94.9 cm³/mol. The number of nitrogens with zero attached hydrogens (tertiary/aromatic N) is 1. The molecule has 30 heavy (non-hydrogen) atoms. The lowest BCUT2D eigenvalue weighted by Crippen LogP contribution is -2.46. The van der Waals surface area contributed by atoms with E-state index in [0.717, 1.165) is 10.6 Å². The van der Waals surface area contributed by atoms with E-state index >= 15 is 0 Å². The Kier molecular flexibility index (Phi) is 5.80. The molecule has 0 unspecified atom stereocenters. The number of carboxylic acids is 3. The van der Waals surface area contributed by atoms with Gasteiger partial charge in [-0.3, -0.25) is 14.2 Å². The van der Waals surface area contributed by atoms with Crippen molar-refractivity contribution in [2.45, 2.75) is 50.2 Å². The first kappa shape index (κ1) is 21.3. The Morgan fingerprint density at radius 2 is 1.90 bits per heavy atom. The van der Waals surface area contributed by atoms with Gasteiger partial charge in [-0.15, -0.1) is 0 Å². The van der Waals surface area contributed by atoms with Gasteiger partial charge in [0.2, 0.25) is 5.76 Å². The van der Waals surface area contributed by atoms with E-state index < -0.39 is 53.8 Å². The van der Waals surface area contributed by atoms with Crippen molar-refractivity contribution < 1.29 is 49.4 Å². The summed E-state index contributed by atoms with van der Waals surface area (Å²) in [6.45, 7) is 0. The minimum atomic E-state index is -1.67. The van der Waals surface area contributed by atoms with Crippen molar-refractivity contribution in [3.8, 4) is 5.75 Å². The highest BCUT2D eigenvalue weighted by Gasteiger charge is 2.38. The topological polar surface area (TPSA) is 193 Å². The van der Waals surface area contributed by atoms with Gasteiger partial charge < -0.3 is 35.0 Å². The number of fused-ring (bicyclic) bond motifs is 1. The fourth-order valence-corrected chi connectivity index (χ4v) is 3.42. The number of aryl methyl sites for hydroxylation is 1. The molecule has 0 saturated carbocycles. The van der Waals surface area contributed by atoms with Gasteiger partial charge in [0.25, 0.3) is 11.8 Å². The zero-order valence-corrected chi connectivity index (χ0v) is 15.4. The third-order valence-corrected chi connectivity index (χ3v) is 4.88. The van der Waals surface area contributed by atoms with E-state index in [2.05, 4.69) is 0 Å². The van der Waals surface area contributed by atoms with Crippen LogP contribution in [0.1, 0.15) is 30.1 Å². The highest BCUT2D eigenvalue weighted by molar-refractivity contribution is 5.84. The summed E-state index contributed by atoms with van der Waals surface area (Å²) in [7, 11) is 0. The second-order valence-corrected chi connectivity index (χ2v) is 6.86. The number of aliphatic hydroxyl groups is 2. The average Bonchev–Trinajstić information content (AvgIpc) is 3.12. The van der Waals surface area contributed by atoms with Crippen molar-refractivity contribution in [3.05, 3.63) is 39.5 Å². The number of carboxylic acid groups (broad SMARTS) is 3. The summed E-state index contributed by atoms with van der Waals surface area (Å²) in [6, 6.07) is 0.0413. The Hall–Kier alpha value is -3.38. The Labute approximate surface area is 168 Å². The minimum Gasteiger partial charge on any atom is -0.481 e. The molecular formula is C18H19NO11. The van der Waals surface area contributed by atoms with Crippen molar-refractivity contribution in [2.75, 3.05) is 0 Å². The van der Waals surface area contributed by atoms with E-state index in [0.29, 0.717) is 0 Å². The molecule has 3 heterocycles. The van der Waals surface area contributed by atoms with Crippen LogP contribution in [0.4, 0.5) is 0 Å². The third-order valence-electron chi connectivity index (χ3n) is 4.88. The van der Waals surface area contributed by atoms with E-state index in [9.17, 15) is 34.5 Å². The minimum absolute atomic E-state index is 0.0239. The molecule has 4 atom stereocenters. The molecule has 0 bridgehead atoms. The number of pyridine rings is 1. The van der Waals surface area contributed by atoms with Crippen molar-refractivity contribution >= 4 is 17.9 Å². The van der Waals surface area contributed by atoms with Crippen molar-refractivity contribution in [1.29, 1.82) is 0 Å². The number of rotatable bonds is 7. The van der Waals surface area contributed by atoms with E-state index in [1.54, 1.807) is 0 Å². The van der Waals surface area contributed by atoms with Crippen LogP contribution in [-0.4, -0.2) is 66.5 Å². The first-order chi connectivity index (χ1) is 14.1. The molecular weight excluding hydrogens is 406 g/mol. The number of hydrogen-bond acceptors (Lipinski definition) is 8. The van der Waals surface area contributed by atoms with E-state index in [-0.39, 0.29) is 42.7 Å². The van der Waals surface area contributed by atoms with Crippen LogP contribution >= 0.6 is 0 Å². The van der Waals surface area contributed by atoms with Gasteiger partial charge in [-0.2, -0.15) is 0 Å². The molecule has 3 rings (SSSR count). The average molecular weight is 425 g/mol. The summed E-state index contributed by atoms with van der Waals surface area (Å²) in [4.78, 5) is 46.3. The lowest BCUT2D eigenvalue weighted by molar-refractivity contribution is -0.172. The fourth-order valence-electron chi connectivity index (χ4n) is 3.42. The van der Waals surface area contributed by atoms with Gasteiger partial charge in [0.1, 0.15) is 17.9 Å². The molecule has 2 aliphatic rings. The predicted octanol–water partition coefficient (Wildman–Crippen LogP) is -1.14. The number of aliphatic hydroxyl groups excluding tert-OH is 2. The number of ether oxygens (including phenoxy) is 2. The van der Waals surface area contributed by atoms with Crippen LogP contribution in [0, 0.1) is 0 Å². The zero-order chi connectivity index (χ0) is 22.2. The van der Waals surface area contributed by atoms with Crippen LogP contribution in [0.2, 0.25) is 0 Å². The maximum absolute atomic E-state index is 12.7.